The predicted octanol–water partition coefficient (Wildman–Crippen LogP) is 6.21. The van der Waals surface area contributed by atoms with Crippen LogP contribution in [0.15, 0.2) is 103 Å². The van der Waals surface area contributed by atoms with Gasteiger partial charge in [-0.1, -0.05) is 54.6 Å². The number of anilines is 1. The maximum atomic E-state index is 13.3. The van der Waals surface area contributed by atoms with E-state index in [4.69, 9.17) is 4.74 Å². The molecular weight excluding hydrogens is 476 g/mol. The number of amides is 2. The summed E-state index contributed by atoms with van der Waals surface area (Å²) in [5.41, 5.74) is 5.43. The summed E-state index contributed by atoms with van der Waals surface area (Å²) < 4.78 is 5.23. The molecule has 0 bridgehead atoms. The van der Waals surface area contributed by atoms with Crippen LogP contribution in [0.4, 0.5) is 5.82 Å². The van der Waals surface area contributed by atoms with Gasteiger partial charge < -0.3 is 20.4 Å². The van der Waals surface area contributed by atoms with E-state index in [1.165, 1.54) is 0 Å². The van der Waals surface area contributed by atoms with Gasteiger partial charge >= 0.3 is 0 Å². The van der Waals surface area contributed by atoms with Gasteiger partial charge in [0.25, 0.3) is 11.8 Å². The summed E-state index contributed by atoms with van der Waals surface area (Å²) in [5, 5.41) is 5.75. The third-order valence-electron chi connectivity index (χ3n) is 6.02. The van der Waals surface area contributed by atoms with Gasteiger partial charge in [-0.25, -0.2) is 4.98 Å². The van der Waals surface area contributed by atoms with E-state index < -0.39 is 0 Å². The lowest BCUT2D eigenvalue weighted by Gasteiger charge is -2.08. The largest absolute Gasteiger partial charge is 0.501 e. The number of carbonyl (C=O) groups excluding carboxylic acids is 2. The highest BCUT2D eigenvalue weighted by molar-refractivity contribution is 6.03. The maximum absolute atomic E-state index is 13.3. The molecule has 2 aromatic heterocycles. The minimum absolute atomic E-state index is 0.223. The Morgan fingerprint density at radius 2 is 1.66 bits per heavy atom. The zero-order valence-electron chi connectivity index (χ0n) is 21.6. The zero-order chi connectivity index (χ0) is 26.9. The van der Waals surface area contributed by atoms with Crippen LogP contribution in [-0.4, -0.2) is 28.9 Å². The maximum Gasteiger partial charge on any atom is 0.268 e. The lowest BCUT2D eigenvalue weighted by atomic mass is 10.1. The van der Waals surface area contributed by atoms with Crippen LogP contribution in [0.5, 0.6) is 0 Å². The van der Waals surface area contributed by atoms with Crippen molar-refractivity contribution in [2.45, 2.75) is 20.4 Å². The summed E-state index contributed by atoms with van der Waals surface area (Å²) in [7, 11) is 1.62. The molecule has 38 heavy (non-hydrogen) atoms. The number of methoxy groups -OCH3 is 1. The molecule has 7 heteroatoms. The molecule has 0 aliphatic carbocycles. The Labute approximate surface area is 222 Å². The third-order valence-corrected chi connectivity index (χ3v) is 6.02. The van der Waals surface area contributed by atoms with Crippen LogP contribution in [0.1, 0.15) is 45.8 Å². The molecule has 192 valence electrons. The summed E-state index contributed by atoms with van der Waals surface area (Å²) in [5.74, 6) is 0.789. The topological polar surface area (TPSA) is 96.1 Å². The van der Waals surface area contributed by atoms with Crippen molar-refractivity contribution in [3.63, 3.8) is 0 Å². The zero-order valence-corrected chi connectivity index (χ0v) is 21.6. The van der Waals surface area contributed by atoms with Crippen LogP contribution in [0.3, 0.4) is 0 Å². The fourth-order valence-electron chi connectivity index (χ4n) is 3.79. The summed E-state index contributed by atoms with van der Waals surface area (Å²) in [6.07, 6.45) is 5.43. The van der Waals surface area contributed by atoms with E-state index in [1.54, 1.807) is 43.6 Å². The van der Waals surface area contributed by atoms with Gasteiger partial charge in [-0.15, -0.1) is 0 Å². The minimum atomic E-state index is -0.247. The fourth-order valence-corrected chi connectivity index (χ4v) is 3.79. The summed E-state index contributed by atoms with van der Waals surface area (Å²) >= 11 is 0. The SMILES string of the molecule is COC(C)=CC=C(C)c1cc(-c2ccccc2)[nH]c1C(=O)NCc1ccc(C(=O)Nc2ccccn2)cc1. The normalized spacial score (nSPS) is 11.7. The molecule has 0 radical (unpaired) electrons. The van der Waals surface area contributed by atoms with E-state index in [9.17, 15) is 9.59 Å². The number of hydrogen-bond donors (Lipinski definition) is 3. The molecular formula is C31H30N4O3. The molecule has 7 nitrogen and oxygen atoms in total. The number of rotatable bonds is 9. The highest BCUT2D eigenvalue weighted by Gasteiger charge is 2.17. The smallest absolute Gasteiger partial charge is 0.268 e. The van der Waals surface area contributed by atoms with Crippen molar-refractivity contribution in [1.82, 2.24) is 15.3 Å². The molecule has 3 N–H and O–H groups in total. The number of pyridine rings is 1. The number of H-pyrrole nitrogens is 1. The van der Waals surface area contributed by atoms with Gasteiger partial charge in [0, 0.05) is 29.6 Å². The number of aromatic amines is 1. The number of nitrogens with zero attached hydrogens (tertiary/aromatic N) is 1. The molecule has 0 fully saturated rings. The number of ether oxygens (including phenoxy) is 1. The Hall–Kier alpha value is -4.91. The van der Waals surface area contributed by atoms with Crippen LogP contribution in [0.25, 0.3) is 16.8 Å². The molecule has 0 spiro atoms. The second kappa shape index (κ2) is 12.4. The Bertz CT molecular complexity index is 1450. The fraction of sp³-hybridized carbons (Fsp3) is 0.129. The number of allylic oxidation sites excluding steroid dienone is 4. The quantitative estimate of drug-likeness (QED) is 0.186. The molecule has 0 atom stereocenters. The van der Waals surface area contributed by atoms with Crippen molar-refractivity contribution in [3.8, 4) is 11.3 Å². The highest BCUT2D eigenvalue weighted by Crippen LogP contribution is 2.27. The molecule has 4 rings (SSSR count). The van der Waals surface area contributed by atoms with E-state index >= 15 is 0 Å². The van der Waals surface area contributed by atoms with E-state index in [0.29, 0.717) is 23.6 Å². The van der Waals surface area contributed by atoms with Gasteiger partial charge in [0.2, 0.25) is 0 Å². The second-order valence-corrected chi connectivity index (χ2v) is 8.72. The molecule has 0 saturated carbocycles. The van der Waals surface area contributed by atoms with Crippen molar-refractivity contribution in [1.29, 1.82) is 0 Å². The van der Waals surface area contributed by atoms with Crippen LogP contribution in [-0.2, 0) is 11.3 Å². The number of benzene rings is 2. The van der Waals surface area contributed by atoms with E-state index in [2.05, 4.69) is 20.6 Å². The standard InChI is InChI=1S/C31H30N4O3/c1-21(12-13-22(2)38-3)26-19-27(24-9-5-4-6-10-24)34-29(26)31(37)33-20-23-14-16-25(17-15-23)30(36)35-28-11-7-8-18-32-28/h4-19,34H,20H2,1-3H3,(H,33,37)(H,32,35,36). The van der Waals surface area contributed by atoms with Crippen LogP contribution < -0.4 is 10.6 Å². The number of carbonyl (C=O) groups is 2. The van der Waals surface area contributed by atoms with Crippen molar-refractivity contribution < 1.29 is 14.3 Å². The molecule has 2 heterocycles. The van der Waals surface area contributed by atoms with Crippen LogP contribution >= 0.6 is 0 Å². The number of aromatic nitrogens is 2. The lowest BCUT2D eigenvalue weighted by Crippen LogP contribution is -2.24. The first-order chi connectivity index (χ1) is 18.4. The Morgan fingerprint density at radius 3 is 2.34 bits per heavy atom. The lowest BCUT2D eigenvalue weighted by molar-refractivity contribution is 0.0945. The monoisotopic (exact) mass is 506 g/mol. The first kappa shape index (κ1) is 26.2. The van der Waals surface area contributed by atoms with Crippen LogP contribution in [0.2, 0.25) is 0 Å². The Balaban J connectivity index is 1.49. The first-order valence-corrected chi connectivity index (χ1v) is 12.2. The number of hydrogen-bond acceptors (Lipinski definition) is 4. The molecule has 4 aromatic rings. The molecule has 2 amide bonds. The van der Waals surface area contributed by atoms with Gasteiger partial charge in [0.15, 0.2) is 0 Å². The average molecular weight is 507 g/mol. The summed E-state index contributed by atoms with van der Waals surface area (Å²) in [6, 6.07) is 24.3. The Kier molecular flexibility index (Phi) is 8.51. The summed E-state index contributed by atoms with van der Waals surface area (Å²) in [6.45, 7) is 4.14. The molecule has 2 aromatic carbocycles. The Morgan fingerprint density at radius 1 is 0.921 bits per heavy atom. The first-order valence-electron chi connectivity index (χ1n) is 12.2. The summed E-state index contributed by atoms with van der Waals surface area (Å²) in [4.78, 5) is 33.2. The van der Waals surface area contributed by atoms with Gasteiger partial charge in [-0.2, -0.15) is 0 Å². The van der Waals surface area contributed by atoms with E-state index in [-0.39, 0.29) is 11.8 Å². The average Bonchev–Trinajstić information content (AvgIpc) is 3.41. The van der Waals surface area contributed by atoms with Gasteiger partial charge in [0.05, 0.1) is 12.9 Å². The molecule has 0 unspecified atom stereocenters. The highest BCUT2D eigenvalue weighted by atomic mass is 16.5. The second-order valence-electron chi connectivity index (χ2n) is 8.72. The van der Waals surface area contributed by atoms with E-state index in [0.717, 1.165) is 33.7 Å². The van der Waals surface area contributed by atoms with Crippen molar-refractivity contribution >= 4 is 23.2 Å². The van der Waals surface area contributed by atoms with E-state index in [1.807, 2.05) is 74.5 Å². The third kappa shape index (κ3) is 6.64. The number of nitrogens with one attached hydrogen (secondary N) is 3. The molecule has 0 aliphatic heterocycles. The van der Waals surface area contributed by atoms with Crippen molar-refractivity contribution in [2.75, 3.05) is 12.4 Å². The molecule has 0 aliphatic rings. The predicted molar refractivity (Wildman–Crippen MR) is 150 cm³/mol. The van der Waals surface area contributed by atoms with Gasteiger partial charge in [-0.05, 0) is 67.0 Å². The van der Waals surface area contributed by atoms with Crippen molar-refractivity contribution in [2.24, 2.45) is 0 Å². The minimum Gasteiger partial charge on any atom is -0.501 e. The van der Waals surface area contributed by atoms with Crippen LogP contribution in [0, 0.1) is 0 Å². The van der Waals surface area contributed by atoms with Crippen molar-refractivity contribution in [3.05, 3.63) is 125 Å². The molecule has 0 saturated heterocycles. The van der Waals surface area contributed by atoms with Gasteiger partial charge in [-0.3, -0.25) is 9.59 Å². The van der Waals surface area contributed by atoms with Gasteiger partial charge in [0.1, 0.15) is 11.5 Å².